The van der Waals surface area contributed by atoms with Gasteiger partial charge in [0.2, 0.25) is 5.91 Å². The molecule has 2 unspecified atom stereocenters. The molecule has 102 valence electrons. The van der Waals surface area contributed by atoms with Crippen molar-refractivity contribution in [3.8, 4) is 0 Å². The Hall–Kier alpha value is -1.83. The number of nitrogens with zero attached hydrogens (tertiary/aromatic N) is 1. The first-order chi connectivity index (χ1) is 8.40. The van der Waals surface area contributed by atoms with E-state index in [4.69, 9.17) is 16.6 Å². The van der Waals surface area contributed by atoms with Crippen LogP contribution in [-0.4, -0.2) is 53.1 Å². The summed E-state index contributed by atoms with van der Waals surface area (Å²) in [6.07, 6.45) is 1.19. The molecule has 0 bridgehead atoms. The van der Waals surface area contributed by atoms with Crippen LogP contribution in [0.1, 0.15) is 19.3 Å². The summed E-state index contributed by atoms with van der Waals surface area (Å²) in [6, 6.07) is -1.92. The van der Waals surface area contributed by atoms with Crippen LogP contribution in [0.25, 0.3) is 0 Å². The molecule has 3 amide bonds. The molecule has 2 atom stereocenters. The minimum Gasteiger partial charge on any atom is -0.480 e. The minimum atomic E-state index is -1.30. The molecule has 1 aliphatic rings. The van der Waals surface area contributed by atoms with Crippen LogP contribution in [0.15, 0.2) is 0 Å². The number of aliphatic carboxylic acids is 1. The van der Waals surface area contributed by atoms with E-state index in [-0.39, 0.29) is 6.04 Å². The molecule has 0 aromatic heterocycles. The van der Waals surface area contributed by atoms with E-state index in [1.54, 1.807) is 0 Å². The number of amides is 3. The van der Waals surface area contributed by atoms with Gasteiger partial charge in [-0.2, -0.15) is 0 Å². The molecule has 6 N–H and O–H groups in total. The summed E-state index contributed by atoms with van der Waals surface area (Å²) in [5.74, 6) is -2.07. The largest absolute Gasteiger partial charge is 0.480 e. The second kappa shape index (κ2) is 6.20. The van der Waals surface area contributed by atoms with E-state index >= 15 is 0 Å². The lowest BCUT2D eigenvalue weighted by molar-refractivity contribution is -0.141. The number of primary amides is 1. The first-order valence-corrected chi connectivity index (χ1v) is 5.72. The number of nitrogens with two attached hydrogens (primary N) is 2. The van der Waals surface area contributed by atoms with Crippen molar-refractivity contribution in [2.45, 2.75) is 31.3 Å². The molecule has 0 spiro atoms. The second-order valence-corrected chi connectivity index (χ2v) is 4.36. The molecular weight excluding hydrogens is 240 g/mol. The Balaban J connectivity index is 2.54. The van der Waals surface area contributed by atoms with Crippen LogP contribution in [0.3, 0.4) is 0 Å². The van der Waals surface area contributed by atoms with Gasteiger partial charge in [-0.1, -0.05) is 0 Å². The van der Waals surface area contributed by atoms with Crippen molar-refractivity contribution in [3.63, 3.8) is 0 Å². The molecule has 0 saturated carbocycles. The number of piperidine rings is 1. The van der Waals surface area contributed by atoms with E-state index in [2.05, 4.69) is 5.32 Å². The predicted octanol–water partition coefficient (Wildman–Crippen LogP) is -1.55. The molecule has 0 aromatic rings. The van der Waals surface area contributed by atoms with Gasteiger partial charge in [0.15, 0.2) is 0 Å². The maximum absolute atomic E-state index is 11.8. The zero-order chi connectivity index (χ0) is 13.7. The van der Waals surface area contributed by atoms with Gasteiger partial charge in [0, 0.05) is 19.1 Å². The van der Waals surface area contributed by atoms with Crippen LogP contribution < -0.4 is 16.8 Å². The summed E-state index contributed by atoms with van der Waals surface area (Å²) in [7, 11) is 0. The normalized spacial score (nSPS) is 21.2. The topological polar surface area (TPSA) is 139 Å². The van der Waals surface area contributed by atoms with Gasteiger partial charge in [-0.15, -0.1) is 0 Å². The average molecular weight is 258 g/mol. The van der Waals surface area contributed by atoms with Gasteiger partial charge < -0.3 is 26.8 Å². The molecule has 18 heavy (non-hydrogen) atoms. The smallest absolute Gasteiger partial charge is 0.326 e. The minimum absolute atomic E-state index is 0.0936. The molecule has 0 radical (unpaired) electrons. The highest BCUT2D eigenvalue weighted by Crippen LogP contribution is 2.08. The van der Waals surface area contributed by atoms with E-state index < -0.39 is 30.4 Å². The van der Waals surface area contributed by atoms with Crippen LogP contribution in [0.5, 0.6) is 0 Å². The van der Waals surface area contributed by atoms with Gasteiger partial charge in [-0.3, -0.25) is 4.79 Å². The van der Waals surface area contributed by atoms with Gasteiger partial charge in [0.05, 0.1) is 6.42 Å². The van der Waals surface area contributed by atoms with Gasteiger partial charge in [-0.05, 0) is 12.8 Å². The number of carboxylic acid groups (broad SMARTS) is 1. The fourth-order valence-corrected chi connectivity index (χ4v) is 1.84. The Bertz CT molecular complexity index is 347. The molecule has 0 aromatic carbocycles. The monoisotopic (exact) mass is 258 g/mol. The standard InChI is InChI=1S/C10H18N4O4/c11-6-2-1-3-14(5-6)10(18)13-7(9(16)17)4-8(12)15/h6-7H,1-5,11H2,(H2,12,15)(H,13,18)(H,16,17). The lowest BCUT2D eigenvalue weighted by atomic mass is 10.1. The van der Waals surface area contributed by atoms with E-state index in [0.29, 0.717) is 13.1 Å². The SMILES string of the molecule is NC(=O)CC(NC(=O)N1CCCC(N)C1)C(=O)O. The van der Waals surface area contributed by atoms with E-state index in [1.807, 2.05) is 0 Å². The molecule has 1 fully saturated rings. The third-order valence-electron chi connectivity index (χ3n) is 2.75. The summed E-state index contributed by atoms with van der Waals surface area (Å²) in [6.45, 7) is 0.914. The average Bonchev–Trinajstić information content (AvgIpc) is 2.27. The zero-order valence-electron chi connectivity index (χ0n) is 9.96. The molecule has 1 heterocycles. The van der Waals surface area contributed by atoms with Crippen molar-refractivity contribution in [3.05, 3.63) is 0 Å². The van der Waals surface area contributed by atoms with Crippen molar-refractivity contribution >= 4 is 17.9 Å². The number of rotatable bonds is 4. The molecular formula is C10H18N4O4. The predicted molar refractivity (Wildman–Crippen MR) is 62.5 cm³/mol. The maximum atomic E-state index is 11.8. The molecule has 1 rings (SSSR count). The Morgan fingerprint density at radius 3 is 2.61 bits per heavy atom. The van der Waals surface area contributed by atoms with Crippen LogP contribution in [0, 0.1) is 0 Å². The van der Waals surface area contributed by atoms with Gasteiger partial charge in [0.25, 0.3) is 0 Å². The fourth-order valence-electron chi connectivity index (χ4n) is 1.84. The Labute approximate surface area is 104 Å². The summed E-state index contributed by atoms with van der Waals surface area (Å²) in [5.41, 5.74) is 10.6. The van der Waals surface area contributed by atoms with Crippen molar-refractivity contribution in [1.82, 2.24) is 10.2 Å². The second-order valence-electron chi connectivity index (χ2n) is 4.36. The molecule has 1 saturated heterocycles. The molecule has 0 aliphatic carbocycles. The highest BCUT2D eigenvalue weighted by Gasteiger charge is 2.27. The number of carboxylic acids is 1. The Morgan fingerprint density at radius 1 is 1.44 bits per heavy atom. The first kappa shape index (κ1) is 14.2. The van der Waals surface area contributed by atoms with Crippen molar-refractivity contribution < 1.29 is 19.5 Å². The number of carbonyl (C=O) groups excluding carboxylic acids is 2. The number of hydrogen-bond acceptors (Lipinski definition) is 4. The van der Waals surface area contributed by atoms with E-state index in [1.165, 1.54) is 4.90 Å². The maximum Gasteiger partial charge on any atom is 0.326 e. The van der Waals surface area contributed by atoms with Crippen molar-refractivity contribution in [1.29, 1.82) is 0 Å². The summed E-state index contributed by atoms with van der Waals surface area (Å²) in [4.78, 5) is 34.8. The number of likely N-dealkylation sites (tertiary alicyclic amines) is 1. The lowest BCUT2D eigenvalue weighted by Gasteiger charge is -2.31. The van der Waals surface area contributed by atoms with Crippen LogP contribution >= 0.6 is 0 Å². The zero-order valence-corrected chi connectivity index (χ0v) is 9.96. The highest BCUT2D eigenvalue weighted by atomic mass is 16.4. The van der Waals surface area contributed by atoms with Gasteiger partial charge >= 0.3 is 12.0 Å². The molecule has 8 nitrogen and oxygen atoms in total. The van der Waals surface area contributed by atoms with Crippen LogP contribution in [-0.2, 0) is 9.59 Å². The quantitative estimate of drug-likeness (QED) is 0.483. The molecule has 8 heteroatoms. The van der Waals surface area contributed by atoms with Gasteiger partial charge in [0.1, 0.15) is 6.04 Å². The summed E-state index contributed by atoms with van der Waals surface area (Å²) < 4.78 is 0. The van der Waals surface area contributed by atoms with E-state index in [9.17, 15) is 14.4 Å². The molecule has 1 aliphatic heterocycles. The van der Waals surface area contributed by atoms with Gasteiger partial charge in [-0.25, -0.2) is 9.59 Å². The lowest BCUT2D eigenvalue weighted by Crippen LogP contribution is -2.53. The Kier molecular flexibility index (Phi) is 4.90. The number of urea groups is 1. The summed E-state index contributed by atoms with van der Waals surface area (Å²) in [5, 5.41) is 11.1. The third kappa shape index (κ3) is 4.21. The summed E-state index contributed by atoms with van der Waals surface area (Å²) >= 11 is 0. The number of carbonyl (C=O) groups is 3. The van der Waals surface area contributed by atoms with Crippen molar-refractivity contribution in [2.75, 3.05) is 13.1 Å². The van der Waals surface area contributed by atoms with Crippen molar-refractivity contribution in [2.24, 2.45) is 11.5 Å². The third-order valence-corrected chi connectivity index (χ3v) is 2.75. The van der Waals surface area contributed by atoms with Crippen LogP contribution in [0.2, 0.25) is 0 Å². The highest BCUT2D eigenvalue weighted by molar-refractivity contribution is 5.87. The van der Waals surface area contributed by atoms with Crippen LogP contribution in [0.4, 0.5) is 4.79 Å². The fraction of sp³-hybridized carbons (Fsp3) is 0.700. The number of hydrogen-bond donors (Lipinski definition) is 4. The Morgan fingerprint density at radius 2 is 2.11 bits per heavy atom. The first-order valence-electron chi connectivity index (χ1n) is 5.72. The van der Waals surface area contributed by atoms with E-state index in [0.717, 1.165) is 12.8 Å². The number of nitrogens with one attached hydrogen (secondary N) is 1.